The van der Waals surface area contributed by atoms with Crippen LogP contribution in [0.2, 0.25) is 0 Å². The van der Waals surface area contributed by atoms with E-state index in [4.69, 9.17) is 23.7 Å². The summed E-state index contributed by atoms with van der Waals surface area (Å²) in [5.74, 6) is 0.618. The summed E-state index contributed by atoms with van der Waals surface area (Å²) in [6, 6.07) is 10.5. The van der Waals surface area contributed by atoms with E-state index in [9.17, 15) is 14.4 Å². The molecule has 2 amide bonds. The van der Waals surface area contributed by atoms with Crippen LogP contribution in [0.15, 0.2) is 36.4 Å². The van der Waals surface area contributed by atoms with Crippen LogP contribution in [0.3, 0.4) is 0 Å². The number of esters is 1. The molecule has 1 saturated heterocycles. The Morgan fingerprint density at radius 3 is 2.41 bits per heavy atom. The number of fused-ring (bicyclic) bond motifs is 1. The van der Waals surface area contributed by atoms with Crippen LogP contribution in [0, 0.1) is 5.92 Å². The van der Waals surface area contributed by atoms with E-state index in [-0.39, 0.29) is 44.7 Å². The van der Waals surface area contributed by atoms with E-state index in [1.54, 1.807) is 41.3 Å². The number of carbonyl (C=O) groups excluding carboxylic acids is 3. The quantitative estimate of drug-likeness (QED) is 0.540. The molecule has 1 fully saturated rings. The Morgan fingerprint density at radius 2 is 1.74 bits per heavy atom. The second kappa shape index (κ2) is 9.90. The van der Waals surface area contributed by atoms with Gasteiger partial charge in [0, 0.05) is 37.3 Å². The molecule has 2 heterocycles. The Bertz CT molecular complexity index is 1080. The summed E-state index contributed by atoms with van der Waals surface area (Å²) in [5.41, 5.74) is 1.34. The minimum Gasteiger partial charge on any atom is -0.497 e. The summed E-state index contributed by atoms with van der Waals surface area (Å²) in [5, 5.41) is 0. The number of nitrogens with zero attached hydrogens (tertiary/aromatic N) is 2. The zero-order chi connectivity index (χ0) is 24.2. The molecule has 2 aromatic rings. The minimum atomic E-state index is -0.616. The molecule has 34 heavy (non-hydrogen) atoms. The van der Waals surface area contributed by atoms with Crippen LogP contribution in [-0.2, 0) is 25.7 Å². The zero-order valence-corrected chi connectivity index (χ0v) is 19.2. The lowest BCUT2D eigenvalue weighted by atomic mass is 10.1. The van der Waals surface area contributed by atoms with Gasteiger partial charge < -0.3 is 33.5 Å². The first kappa shape index (κ1) is 23.2. The van der Waals surface area contributed by atoms with Crippen molar-refractivity contribution >= 4 is 23.5 Å². The highest BCUT2D eigenvalue weighted by Crippen LogP contribution is 2.37. The van der Waals surface area contributed by atoms with Crippen LogP contribution in [0.25, 0.3) is 0 Å². The van der Waals surface area contributed by atoms with Crippen molar-refractivity contribution in [1.82, 2.24) is 4.90 Å². The molecule has 0 saturated carbocycles. The molecule has 0 N–H and O–H groups in total. The monoisotopic (exact) mass is 470 g/mol. The predicted molar refractivity (Wildman–Crippen MR) is 120 cm³/mol. The SMILES string of the molecule is COC(=O)CN(Cc1cc(OC)cc(OC)c1)C(=O)C1CC(=O)N(c2ccc3c(c2)OCO3)C1. The largest absolute Gasteiger partial charge is 0.497 e. The topological polar surface area (TPSA) is 104 Å². The van der Waals surface area contributed by atoms with E-state index in [0.29, 0.717) is 34.2 Å². The molecule has 0 spiro atoms. The lowest BCUT2D eigenvalue weighted by molar-refractivity contribution is -0.148. The van der Waals surface area contributed by atoms with Crippen molar-refractivity contribution in [2.24, 2.45) is 5.92 Å². The van der Waals surface area contributed by atoms with Gasteiger partial charge in [0.05, 0.1) is 27.2 Å². The lowest BCUT2D eigenvalue weighted by Crippen LogP contribution is -2.40. The first-order valence-corrected chi connectivity index (χ1v) is 10.7. The summed E-state index contributed by atoms with van der Waals surface area (Å²) in [6.45, 7) is 0.196. The van der Waals surface area contributed by atoms with E-state index >= 15 is 0 Å². The van der Waals surface area contributed by atoms with Crippen LogP contribution < -0.4 is 23.8 Å². The fraction of sp³-hybridized carbons (Fsp3) is 0.375. The van der Waals surface area contributed by atoms with Crippen molar-refractivity contribution in [2.45, 2.75) is 13.0 Å². The Labute approximate surface area is 196 Å². The molecule has 1 unspecified atom stereocenters. The van der Waals surface area contributed by atoms with Gasteiger partial charge in [-0.2, -0.15) is 0 Å². The summed E-state index contributed by atoms with van der Waals surface area (Å²) >= 11 is 0. The molecule has 2 aromatic carbocycles. The van der Waals surface area contributed by atoms with E-state index in [1.165, 1.54) is 26.2 Å². The minimum absolute atomic E-state index is 0.0341. The van der Waals surface area contributed by atoms with Gasteiger partial charge in [-0.3, -0.25) is 14.4 Å². The first-order valence-electron chi connectivity index (χ1n) is 10.7. The van der Waals surface area contributed by atoms with Gasteiger partial charge in [-0.15, -0.1) is 0 Å². The fourth-order valence-corrected chi connectivity index (χ4v) is 4.04. The van der Waals surface area contributed by atoms with Gasteiger partial charge in [0.2, 0.25) is 18.6 Å². The number of amides is 2. The standard InChI is InChI=1S/C24H26N2O8/c1-30-18-6-15(7-19(10-18)31-2)11-25(13-23(28)32-3)24(29)16-8-22(27)26(12-16)17-4-5-20-21(9-17)34-14-33-20/h4-7,9-10,16H,8,11-14H2,1-3H3. The van der Waals surface area contributed by atoms with Crippen LogP contribution in [0.5, 0.6) is 23.0 Å². The second-order valence-electron chi connectivity index (χ2n) is 7.93. The number of anilines is 1. The molecular weight excluding hydrogens is 444 g/mol. The maximum Gasteiger partial charge on any atom is 0.325 e. The van der Waals surface area contributed by atoms with Crippen molar-refractivity contribution < 1.29 is 38.1 Å². The van der Waals surface area contributed by atoms with Crippen LogP contribution in [0.4, 0.5) is 5.69 Å². The van der Waals surface area contributed by atoms with Gasteiger partial charge in [-0.1, -0.05) is 0 Å². The van der Waals surface area contributed by atoms with Gasteiger partial charge in [-0.05, 0) is 29.8 Å². The molecule has 1 atom stereocenters. The first-order chi connectivity index (χ1) is 16.4. The maximum atomic E-state index is 13.5. The van der Waals surface area contributed by atoms with Gasteiger partial charge >= 0.3 is 5.97 Å². The molecule has 2 aliphatic rings. The lowest BCUT2D eigenvalue weighted by Gasteiger charge is -2.25. The van der Waals surface area contributed by atoms with Crippen LogP contribution >= 0.6 is 0 Å². The van der Waals surface area contributed by atoms with Crippen molar-refractivity contribution in [3.05, 3.63) is 42.0 Å². The highest BCUT2D eigenvalue weighted by atomic mass is 16.7. The molecule has 10 nitrogen and oxygen atoms in total. The Kier molecular flexibility index (Phi) is 6.76. The molecule has 0 radical (unpaired) electrons. The van der Waals surface area contributed by atoms with E-state index in [2.05, 4.69) is 0 Å². The van der Waals surface area contributed by atoms with Gasteiger partial charge in [0.1, 0.15) is 18.0 Å². The predicted octanol–water partition coefficient (Wildman–Crippen LogP) is 1.99. The number of methoxy groups -OCH3 is 3. The number of ether oxygens (including phenoxy) is 5. The number of hydrogen-bond acceptors (Lipinski definition) is 8. The van der Waals surface area contributed by atoms with E-state index in [0.717, 1.165) is 0 Å². The maximum absolute atomic E-state index is 13.5. The average Bonchev–Trinajstić information content (AvgIpc) is 3.48. The number of rotatable bonds is 8. The molecule has 0 aromatic heterocycles. The number of benzene rings is 2. The highest BCUT2D eigenvalue weighted by molar-refractivity contribution is 6.01. The Morgan fingerprint density at radius 1 is 1.03 bits per heavy atom. The molecule has 10 heteroatoms. The fourth-order valence-electron chi connectivity index (χ4n) is 4.04. The molecule has 4 rings (SSSR count). The van der Waals surface area contributed by atoms with Gasteiger partial charge in [0.25, 0.3) is 0 Å². The van der Waals surface area contributed by atoms with E-state index in [1.807, 2.05) is 0 Å². The zero-order valence-electron chi connectivity index (χ0n) is 19.2. The molecule has 180 valence electrons. The smallest absolute Gasteiger partial charge is 0.325 e. The van der Waals surface area contributed by atoms with Gasteiger partial charge in [-0.25, -0.2) is 0 Å². The van der Waals surface area contributed by atoms with E-state index < -0.39 is 11.9 Å². The summed E-state index contributed by atoms with van der Waals surface area (Å²) in [6.07, 6.45) is 0.0341. The van der Waals surface area contributed by atoms with Crippen LogP contribution in [0.1, 0.15) is 12.0 Å². The Hall–Kier alpha value is -3.95. The molecule has 0 bridgehead atoms. The third-order valence-electron chi connectivity index (χ3n) is 5.79. The molecule has 2 aliphatic heterocycles. The summed E-state index contributed by atoms with van der Waals surface area (Å²) < 4.78 is 26.1. The van der Waals surface area contributed by atoms with Gasteiger partial charge in [0.15, 0.2) is 11.5 Å². The highest BCUT2D eigenvalue weighted by Gasteiger charge is 2.38. The Balaban J connectivity index is 1.53. The van der Waals surface area contributed by atoms with Crippen molar-refractivity contribution in [1.29, 1.82) is 0 Å². The summed E-state index contributed by atoms with van der Waals surface area (Å²) in [7, 11) is 4.33. The third kappa shape index (κ3) is 4.85. The van der Waals surface area contributed by atoms with Crippen molar-refractivity contribution in [3.63, 3.8) is 0 Å². The van der Waals surface area contributed by atoms with Crippen LogP contribution in [-0.4, -0.2) is 63.9 Å². The third-order valence-corrected chi connectivity index (χ3v) is 5.79. The second-order valence-corrected chi connectivity index (χ2v) is 7.93. The van der Waals surface area contributed by atoms with Crippen molar-refractivity contribution in [3.8, 4) is 23.0 Å². The number of carbonyl (C=O) groups is 3. The molecule has 0 aliphatic carbocycles. The average molecular weight is 470 g/mol. The van der Waals surface area contributed by atoms with Crippen molar-refractivity contribution in [2.75, 3.05) is 46.1 Å². The summed E-state index contributed by atoms with van der Waals surface area (Å²) in [4.78, 5) is 41.2. The molecular formula is C24H26N2O8. The normalized spacial score (nSPS) is 16.4. The number of hydrogen-bond donors (Lipinski definition) is 0.